The maximum Gasteiger partial charge on any atom is 0.202 e. The lowest BCUT2D eigenvalue weighted by Gasteiger charge is -2.32. The highest BCUT2D eigenvalue weighted by Gasteiger charge is 2.29. The number of ether oxygens (including phenoxy) is 2. The Balaban J connectivity index is 1.94. The van der Waals surface area contributed by atoms with E-state index >= 15 is 0 Å². The van der Waals surface area contributed by atoms with E-state index in [1.807, 2.05) is 30.3 Å². The van der Waals surface area contributed by atoms with Gasteiger partial charge in [0.2, 0.25) is 6.23 Å². The first-order valence-electron chi connectivity index (χ1n) is 9.06. The Labute approximate surface area is 171 Å². The molecule has 2 aromatic carbocycles. The molecule has 0 aliphatic carbocycles. The van der Waals surface area contributed by atoms with E-state index in [-0.39, 0.29) is 30.0 Å². The number of aliphatic hydroxyl groups is 1. The molecule has 1 unspecified atom stereocenters. The van der Waals surface area contributed by atoms with Crippen LogP contribution in [-0.4, -0.2) is 28.7 Å². The SMILES string of the molecule is CC(=O)c1cn2c(cc1=O)-c1cc(Cl)c(OCCO)cc1OC2c1ccccc1. The van der Waals surface area contributed by atoms with Gasteiger partial charge in [-0.05, 0) is 13.0 Å². The van der Waals surface area contributed by atoms with E-state index in [4.69, 9.17) is 26.2 Å². The van der Waals surface area contributed by atoms with E-state index < -0.39 is 6.23 Å². The molecule has 0 saturated heterocycles. The molecule has 7 heteroatoms. The second-order valence-electron chi connectivity index (χ2n) is 6.63. The topological polar surface area (TPSA) is 77.8 Å². The van der Waals surface area contributed by atoms with Crippen molar-refractivity contribution in [2.24, 2.45) is 0 Å². The molecule has 4 rings (SSSR count). The van der Waals surface area contributed by atoms with Crippen molar-refractivity contribution in [3.63, 3.8) is 0 Å². The number of hydrogen-bond acceptors (Lipinski definition) is 5. The molecule has 148 valence electrons. The number of benzene rings is 2. The minimum atomic E-state index is -0.579. The summed E-state index contributed by atoms with van der Waals surface area (Å²) < 4.78 is 13.5. The summed E-state index contributed by atoms with van der Waals surface area (Å²) >= 11 is 6.33. The van der Waals surface area contributed by atoms with Gasteiger partial charge in [-0.25, -0.2) is 0 Å². The van der Waals surface area contributed by atoms with Gasteiger partial charge < -0.3 is 19.1 Å². The van der Waals surface area contributed by atoms with Gasteiger partial charge in [0.15, 0.2) is 11.2 Å². The number of carbonyl (C=O) groups is 1. The van der Waals surface area contributed by atoms with Crippen LogP contribution in [0.5, 0.6) is 11.5 Å². The zero-order chi connectivity index (χ0) is 20.5. The summed E-state index contributed by atoms with van der Waals surface area (Å²) in [6.45, 7) is 1.31. The van der Waals surface area contributed by atoms with E-state index in [0.717, 1.165) is 5.56 Å². The van der Waals surface area contributed by atoms with Gasteiger partial charge >= 0.3 is 0 Å². The first-order valence-corrected chi connectivity index (χ1v) is 9.43. The van der Waals surface area contributed by atoms with Crippen molar-refractivity contribution in [1.82, 2.24) is 4.57 Å². The largest absolute Gasteiger partial charge is 0.489 e. The molecule has 1 aliphatic heterocycles. The number of carbonyl (C=O) groups excluding carboxylic acids is 1. The molecule has 1 aromatic heterocycles. The van der Waals surface area contributed by atoms with Gasteiger partial charge in [-0.15, -0.1) is 0 Å². The fourth-order valence-electron chi connectivity index (χ4n) is 3.35. The molecule has 1 aliphatic rings. The van der Waals surface area contributed by atoms with Crippen LogP contribution >= 0.6 is 11.6 Å². The highest BCUT2D eigenvalue weighted by atomic mass is 35.5. The third-order valence-electron chi connectivity index (χ3n) is 4.69. The van der Waals surface area contributed by atoms with Crippen molar-refractivity contribution in [3.05, 3.63) is 81.1 Å². The summed E-state index contributed by atoms with van der Waals surface area (Å²) in [7, 11) is 0. The predicted molar refractivity (Wildman–Crippen MR) is 109 cm³/mol. The summed E-state index contributed by atoms with van der Waals surface area (Å²) in [5.74, 6) is 0.558. The molecular weight excluding hydrogens is 394 g/mol. The lowest BCUT2D eigenvalue weighted by molar-refractivity contribution is 0.101. The number of aromatic nitrogens is 1. The van der Waals surface area contributed by atoms with E-state index in [1.54, 1.807) is 16.7 Å². The molecule has 3 aromatic rings. The van der Waals surface area contributed by atoms with Crippen LogP contribution in [0.4, 0.5) is 0 Å². The van der Waals surface area contributed by atoms with Crippen molar-refractivity contribution in [2.75, 3.05) is 13.2 Å². The van der Waals surface area contributed by atoms with E-state index in [9.17, 15) is 9.59 Å². The normalized spacial score (nSPS) is 14.5. The lowest BCUT2D eigenvalue weighted by atomic mass is 10.0. The summed E-state index contributed by atoms with van der Waals surface area (Å²) in [4.78, 5) is 24.4. The number of Topliss-reactive ketones (excluding diaryl/α,β-unsaturated/α-hetero) is 1. The maximum absolute atomic E-state index is 12.5. The zero-order valence-corrected chi connectivity index (χ0v) is 16.3. The van der Waals surface area contributed by atoms with Crippen molar-refractivity contribution < 1.29 is 19.4 Å². The molecule has 1 N–H and O–H groups in total. The van der Waals surface area contributed by atoms with E-state index in [2.05, 4.69) is 0 Å². The molecule has 2 heterocycles. The Morgan fingerprint density at radius 2 is 2.00 bits per heavy atom. The maximum atomic E-state index is 12.5. The smallest absolute Gasteiger partial charge is 0.202 e. The first-order chi connectivity index (χ1) is 14.0. The van der Waals surface area contributed by atoms with Gasteiger partial charge in [-0.3, -0.25) is 9.59 Å². The molecule has 6 nitrogen and oxygen atoms in total. The third-order valence-corrected chi connectivity index (χ3v) is 4.99. The number of pyridine rings is 1. The average molecular weight is 412 g/mol. The molecular formula is C22H18ClNO5. The number of ketones is 1. The van der Waals surface area contributed by atoms with Gasteiger partial charge in [0, 0.05) is 29.5 Å². The van der Waals surface area contributed by atoms with Crippen molar-refractivity contribution in [1.29, 1.82) is 0 Å². The number of aliphatic hydroxyl groups excluding tert-OH is 1. The van der Waals surface area contributed by atoms with Crippen molar-refractivity contribution >= 4 is 17.4 Å². The van der Waals surface area contributed by atoms with Crippen molar-refractivity contribution in [2.45, 2.75) is 13.2 Å². The van der Waals surface area contributed by atoms with Gasteiger partial charge in [0.05, 0.1) is 22.9 Å². The van der Waals surface area contributed by atoms with Crippen LogP contribution in [0.2, 0.25) is 5.02 Å². The Bertz CT molecular complexity index is 1140. The molecule has 0 fully saturated rings. The van der Waals surface area contributed by atoms with Gasteiger partial charge in [-0.1, -0.05) is 41.9 Å². The minimum absolute atomic E-state index is 0.0933. The van der Waals surface area contributed by atoms with Crippen LogP contribution in [0.3, 0.4) is 0 Å². The Morgan fingerprint density at radius 1 is 1.24 bits per heavy atom. The number of nitrogens with zero attached hydrogens (tertiary/aromatic N) is 1. The number of halogens is 1. The first kappa shape index (κ1) is 19.2. The monoisotopic (exact) mass is 411 g/mol. The van der Waals surface area contributed by atoms with Crippen LogP contribution in [0.25, 0.3) is 11.3 Å². The summed E-state index contributed by atoms with van der Waals surface area (Å²) in [5.41, 5.74) is 1.79. The van der Waals surface area contributed by atoms with Crippen molar-refractivity contribution in [3.8, 4) is 22.8 Å². The summed E-state index contributed by atoms with van der Waals surface area (Å²) in [6, 6.07) is 14.2. The number of hydrogen-bond donors (Lipinski definition) is 1. The highest BCUT2D eigenvalue weighted by Crippen LogP contribution is 2.44. The fraction of sp³-hybridized carbons (Fsp3) is 0.182. The van der Waals surface area contributed by atoms with Gasteiger partial charge in [0.1, 0.15) is 18.1 Å². The second kappa shape index (κ2) is 7.73. The lowest BCUT2D eigenvalue weighted by Crippen LogP contribution is -2.27. The fourth-order valence-corrected chi connectivity index (χ4v) is 3.56. The van der Waals surface area contributed by atoms with Gasteiger partial charge in [0.25, 0.3) is 0 Å². The van der Waals surface area contributed by atoms with Crippen LogP contribution in [0.1, 0.15) is 29.1 Å². The highest BCUT2D eigenvalue weighted by molar-refractivity contribution is 6.32. The van der Waals surface area contributed by atoms with E-state index in [1.165, 1.54) is 19.2 Å². The number of rotatable bonds is 5. The third kappa shape index (κ3) is 3.52. The molecule has 1 atom stereocenters. The minimum Gasteiger partial charge on any atom is -0.489 e. The quantitative estimate of drug-likeness (QED) is 0.648. The number of fused-ring (bicyclic) bond motifs is 3. The Morgan fingerprint density at radius 3 is 2.69 bits per heavy atom. The molecule has 0 saturated carbocycles. The van der Waals surface area contributed by atoms with Crippen LogP contribution in [0.15, 0.2) is 59.5 Å². The molecule has 29 heavy (non-hydrogen) atoms. The molecule has 0 spiro atoms. The van der Waals surface area contributed by atoms with Crippen LogP contribution in [-0.2, 0) is 0 Å². The molecule has 0 bridgehead atoms. The molecule has 0 amide bonds. The standard InChI is InChI=1S/C22H18ClNO5/c1-13(26)16-12-24-18(10-19(16)27)15-9-17(23)21(28-8-7-25)11-20(15)29-22(24)14-5-3-2-4-6-14/h2-6,9-12,22,25H,7-8H2,1H3. The van der Waals surface area contributed by atoms with Crippen LogP contribution in [0, 0.1) is 0 Å². The Hall–Kier alpha value is -3.09. The van der Waals surface area contributed by atoms with E-state index in [0.29, 0.717) is 27.8 Å². The molecule has 0 radical (unpaired) electrons. The predicted octanol–water partition coefficient (Wildman–Crippen LogP) is 3.68. The average Bonchev–Trinajstić information content (AvgIpc) is 2.72. The van der Waals surface area contributed by atoms with Gasteiger partial charge in [-0.2, -0.15) is 0 Å². The Kier molecular flexibility index (Phi) is 5.13. The summed E-state index contributed by atoms with van der Waals surface area (Å²) in [6.07, 6.45) is 0.953. The van der Waals surface area contributed by atoms with Crippen LogP contribution < -0.4 is 14.9 Å². The second-order valence-corrected chi connectivity index (χ2v) is 7.04. The summed E-state index contributed by atoms with van der Waals surface area (Å²) in [5, 5.41) is 9.34. The zero-order valence-electron chi connectivity index (χ0n) is 15.6.